The number of carbonyl (C=O) groups is 1. The second-order valence-electron chi connectivity index (χ2n) is 6.21. The molecule has 0 saturated carbocycles. The lowest BCUT2D eigenvalue weighted by Gasteiger charge is -2.33. The Hall–Kier alpha value is -2.57. The van der Waals surface area contributed by atoms with Crippen LogP contribution in [0.25, 0.3) is 0 Å². The lowest BCUT2D eigenvalue weighted by molar-refractivity contribution is 0.0673. The monoisotopic (exact) mass is 316 g/mol. The van der Waals surface area contributed by atoms with Gasteiger partial charge >= 0.3 is 0 Å². The van der Waals surface area contributed by atoms with Crippen LogP contribution in [0.15, 0.2) is 18.2 Å². The number of fused-ring (bicyclic) bond motifs is 1. The zero-order valence-corrected chi connectivity index (χ0v) is 13.4. The van der Waals surface area contributed by atoms with E-state index in [9.17, 15) is 15.0 Å². The summed E-state index contributed by atoms with van der Waals surface area (Å²) in [4.78, 5) is 14.3. The van der Waals surface area contributed by atoms with Crippen molar-refractivity contribution in [3.05, 3.63) is 35.4 Å². The zero-order valence-electron chi connectivity index (χ0n) is 13.4. The molecule has 1 aromatic heterocycles. The predicted octanol–water partition coefficient (Wildman–Crippen LogP) is 2.03. The van der Waals surface area contributed by atoms with Crippen LogP contribution < -0.4 is 0 Å². The number of rotatable bonds is 2. The fourth-order valence-electron chi connectivity index (χ4n) is 3.02. The molecule has 0 aliphatic carbocycles. The number of phenolic OH excluding ortho intramolecular Hbond substituents is 2. The van der Waals surface area contributed by atoms with Crippen molar-refractivity contribution in [3.8, 4) is 11.5 Å². The third kappa shape index (κ3) is 2.52. The van der Waals surface area contributed by atoms with Crippen LogP contribution in [-0.2, 0) is 6.54 Å². The number of carbonyl (C=O) groups excluding carboxylic acids is 1. The van der Waals surface area contributed by atoms with Crippen molar-refractivity contribution in [3.63, 3.8) is 0 Å². The Morgan fingerprint density at radius 2 is 1.91 bits per heavy atom. The van der Waals surface area contributed by atoms with Gasteiger partial charge in [-0.25, -0.2) is 0 Å². The van der Waals surface area contributed by atoms with Gasteiger partial charge in [-0.2, -0.15) is 0 Å². The molecular weight excluding hydrogens is 296 g/mol. The van der Waals surface area contributed by atoms with Crippen molar-refractivity contribution >= 4 is 5.91 Å². The summed E-state index contributed by atoms with van der Waals surface area (Å²) in [6.07, 6.45) is 0. The van der Waals surface area contributed by atoms with Crippen LogP contribution in [0.2, 0.25) is 0 Å². The zero-order chi connectivity index (χ0) is 16.7. The summed E-state index contributed by atoms with van der Waals surface area (Å²) in [6.45, 7) is 6.89. The Morgan fingerprint density at radius 1 is 1.26 bits per heavy atom. The van der Waals surface area contributed by atoms with Crippen molar-refractivity contribution in [2.24, 2.45) is 0 Å². The van der Waals surface area contributed by atoms with E-state index in [4.69, 9.17) is 0 Å². The quantitative estimate of drug-likeness (QED) is 0.884. The third-order valence-corrected chi connectivity index (χ3v) is 4.09. The third-order valence-electron chi connectivity index (χ3n) is 4.09. The van der Waals surface area contributed by atoms with Gasteiger partial charge in [0.05, 0.1) is 12.6 Å². The summed E-state index contributed by atoms with van der Waals surface area (Å²) in [6, 6.07) is 4.30. The average Bonchev–Trinajstić information content (AvgIpc) is 2.91. The molecule has 23 heavy (non-hydrogen) atoms. The Bertz CT molecular complexity index is 734. The SMILES string of the molecule is CC(C)c1nnc2n1[C@@H](C)CN(C(=O)c1c(O)cccc1O)C2. The standard InChI is InChI=1S/C16H20N4O3/c1-9(2)15-18-17-13-8-19(7-10(3)20(13)15)16(23)14-11(21)5-4-6-12(14)22/h4-6,9-10,21-22H,7-8H2,1-3H3/t10-/m0/s1. The molecule has 3 rings (SSSR count). The van der Waals surface area contributed by atoms with E-state index in [0.29, 0.717) is 13.1 Å². The molecule has 0 bridgehead atoms. The summed E-state index contributed by atoms with van der Waals surface area (Å²) >= 11 is 0. The molecule has 0 saturated heterocycles. The van der Waals surface area contributed by atoms with E-state index in [1.54, 1.807) is 4.90 Å². The minimum atomic E-state index is -0.409. The lowest BCUT2D eigenvalue weighted by atomic mass is 10.1. The van der Waals surface area contributed by atoms with Crippen molar-refractivity contribution in [1.82, 2.24) is 19.7 Å². The van der Waals surface area contributed by atoms with Gasteiger partial charge < -0.3 is 19.7 Å². The highest BCUT2D eigenvalue weighted by Crippen LogP contribution is 2.31. The number of hydrogen-bond acceptors (Lipinski definition) is 5. The molecule has 7 nitrogen and oxygen atoms in total. The van der Waals surface area contributed by atoms with E-state index < -0.39 is 5.91 Å². The Morgan fingerprint density at radius 3 is 2.52 bits per heavy atom. The maximum Gasteiger partial charge on any atom is 0.261 e. The largest absolute Gasteiger partial charge is 0.507 e. The number of amides is 1. The maximum absolute atomic E-state index is 12.7. The van der Waals surface area contributed by atoms with Gasteiger partial charge in [-0.1, -0.05) is 19.9 Å². The molecule has 1 atom stereocenters. The smallest absolute Gasteiger partial charge is 0.261 e. The molecule has 1 amide bonds. The first kappa shape index (κ1) is 15.3. The van der Waals surface area contributed by atoms with Crippen LogP contribution in [0, 0.1) is 0 Å². The van der Waals surface area contributed by atoms with Gasteiger partial charge in [0.25, 0.3) is 5.91 Å². The highest BCUT2D eigenvalue weighted by atomic mass is 16.3. The van der Waals surface area contributed by atoms with Crippen molar-refractivity contribution in [2.45, 2.75) is 39.3 Å². The highest BCUT2D eigenvalue weighted by Gasteiger charge is 2.32. The first-order chi connectivity index (χ1) is 10.9. The second kappa shape index (κ2) is 5.57. The number of aromatic hydroxyl groups is 2. The summed E-state index contributed by atoms with van der Waals surface area (Å²) in [7, 11) is 0. The van der Waals surface area contributed by atoms with Crippen LogP contribution in [0.4, 0.5) is 0 Å². The van der Waals surface area contributed by atoms with Crippen LogP contribution in [0.5, 0.6) is 11.5 Å². The topological polar surface area (TPSA) is 91.5 Å². The first-order valence-corrected chi connectivity index (χ1v) is 7.64. The molecule has 0 spiro atoms. The Balaban J connectivity index is 1.93. The van der Waals surface area contributed by atoms with Gasteiger partial charge in [-0.3, -0.25) is 4.79 Å². The Labute approximate surface area is 134 Å². The number of aromatic nitrogens is 3. The van der Waals surface area contributed by atoms with E-state index in [2.05, 4.69) is 28.6 Å². The van der Waals surface area contributed by atoms with Gasteiger partial charge in [0, 0.05) is 12.5 Å². The molecule has 2 N–H and O–H groups in total. The van der Waals surface area contributed by atoms with Crippen LogP contribution >= 0.6 is 0 Å². The van der Waals surface area contributed by atoms with Crippen molar-refractivity contribution in [1.29, 1.82) is 0 Å². The summed E-state index contributed by atoms with van der Waals surface area (Å²) in [5, 5.41) is 28.2. The highest BCUT2D eigenvalue weighted by molar-refractivity contribution is 5.99. The van der Waals surface area contributed by atoms with Gasteiger partial charge in [0.1, 0.15) is 22.9 Å². The Kier molecular flexibility index (Phi) is 3.71. The number of hydrogen-bond donors (Lipinski definition) is 2. The summed E-state index contributed by atoms with van der Waals surface area (Å²) in [5.74, 6) is 1.02. The van der Waals surface area contributed by atoms with Gasteiger partial charge in [-0.05, 0) is 19.1 Å². The van der Waals surface area contributed by atoms with Crippen LogP contribution in [0.3, 0.4) is 0 Å². The summed E-state index contributed by atoms with van der Waals surface area (Å²) < 4.78 is 2.07. The molecule has 1 aliphatic heterocycles. The number of nitrogens with zero attached hydrogens (tertiary/aromatic N) is 4. The van der Waals surface area contributed by atoms with Crippen molar-refractivity contribution < 1.29 is 15.0 Å². The second-order valence-corrected chi connectivity index (χ2v) is 6.21. The molecular formula is C16H20N4O3. The minimum Gasteiger partial charge on any atom is -0.507 e. The molecule has 7 heteroatoms. The van der Waals surface area contributed by atoms with Crippen LogP contribution in [-0.4, -0.2) is 42.3 Å². The molecule has 2 aromatic rings. The first-order valence-electron chi connectivity index (χ1n) is 7.64. The van der Waals surface area contributed by atoms with Gasteiger partial charge in [-0.15, -0.1) is 10.2 Å². The summed E-state index contributed by atoms with van der Waals surface area (Å²) in [5.41, 5.74) is -0.0725. The normalized spacial score (nSPS) is 17.4. The van der Waals surface area contributed by atoms with Gasteiger partial charge in [0.15, 0.2) is 5.82 Å². The van der Waals surface area contributed by atoms with E-state index >= 15 is 0 Å². The molecule has 0 fully saturated rings. The minimum absolute atomic E-state index is 0.0306. The molecule has 1 aliphatic rings. The molecule has 2 heterocycles. The molecule has 0 radical (unpaired) electrons. The predicted molar refractivity (Wildman–Crippen MR) is 83.3 cm³/mol. The molecule has 0 unspecified atom stereocenters. The van der Waals surface area contributed by atoms with Gasteiger partial charge in [0.2, 0.25) is 0 Å². The van der Waals surface area contributed by atoms with E-state index in [1.807, 2.05) is 6.92 Å². The number of benzene rings is 1. The van der Waals surface area contributed by atoms with E-state index in [-0.39, 0.29) is 29.0 Å². The van der Waals surface area contributed by atoms with Crippen molar-refractivity contribution in [2.75, 3.05) is 6.54 Å². The van der Waals surface area contributed by atoms with Crippen LogP contribution in [0.1, 0.15) is 54.7 Å². The fraction of sp³-hybridized carbons (Fsp3) is 0.438. The fourth-order valence-corrected chi connectivity index (χ4v) is 3.02. The van der Waals surface area contributed by atoms with E-state index in [1.165, 1.54) is 18.2 Å². The molecule has 1 aromatic carbocycles. The molecule has 122 valence electrons. The average molecular weight is 316 g/mol. The van der Waals surface area contributed by atoms with E-state index in [0.717, 1.165) is 11.6 Å². The lowest BCUT2D eigenvalue weighted by Crippen LogP contribution is -2.41. The number of phenols is 2. The maximum atomic E-state index is 12.7.